The van der Waals surface area contributed by atoms with E-state index in [0.717, 1.165) is 6.08 Å². The maximum absolute atomic E-state index is 11.5. The molecular formula is C15H23NO9. The summed E-state index contributed by atoms with van der Waals surface area (Å²) < 4.78 is 10.6. The molecule has 0 bridgehead atoms. The van der Waals surface area contributed by atoms with Crippen LogP contribution in [0.4, 0.5) is 0 Å². The predicted molar refractivity (Wildman–Crippen MR) is 82.3 cm³/mol. The Kier molecular flexibility index (Phi) is 7.97. The number of carbonyl (C=O) groups excluding carboxylic acids is 2. The molecule has 1 aliphatic heterocycles. The summed E-state index contributed by atoms with van der Waals surface area (Å²) in [5.74, 6) is -2.78. The van der Waals surface area contributed by atoms with E-state index in [1.165, 1.54) is 6.92 Å². The SMILES string of the molecule is CCC(=O)CO[C@H]1C=C(C(=O)O)O[C@@H]([C@H](O)[C@H](O)CO)[C@@H]1NC(C)=O. The number of hydrogen-bond acceptors (Lipinski definition) is 8. The number of amides is 1. The van der Waals surface area contributed by atoms with E-state index in [9.17, 15) is 24.6 Å². The molecule has 10 heteroatoms. The normalized spacial score (nSPS) is 25.3. The summed E-state index contributed by atoms with van der Waals surface area (Å²) in [6, 6.07) is -1.08. The number of rotatable bonds is 9. The number of aliphatic hydroxyl groups is 3. The van der Waals surface area contributed by atoms with E-state index < -0.39 is 54.7 Å². The molecule has 10 nitrogen and oxygen atoms in total. The molecule has 1 rings (SSSR count). The lowest BCUT2D eigenvalue weighted by Crippen LogP contribution is -2.60. The van der Waals surface area contributed by atoms with Crippen molar-refractivity contribution in [1.29, 1.82) is 0 Å². The minimum atomic E-state index is -1.71. The number of carboxylic acid groups (broad SMARTS) is 1. The van der Waals surface area contributed by atoms with Gasteiger partial charge in [0.05, 0.1) is 12.6 Å². The molecule has 0 fully saturated rings. The number of hydrogen-bond donors (Lipinski definition) is 5. The van der Waals surface area contributed by atoms with Crippen LogP contribution in [0, 0.1) is 0 Å². The van der Waals surface area contributed by atoms with E-state index in [1.54, 1.807) is 6.92 Å². The summed E-state index contributed by atoms with van der Waals surface area (Å²) in [5, 5.41) is 40.4. The van der Waals surface area contributed by atoms with Crippen LogP contribution in [0.2, 0.25) is 0 Å². The van der Waals surface area contributed by atoms with Gasteiger partial charge < -0.3 is 35.2 Å². The zero-order chi connectivity index (χ0) is 19.1. The lowest BCUT2D eigenvalue weighted by atomic mass is 9.93. The number of ketones is 1. The van der Waals surface area contributed by atoms with Gasteiger partial charge in [0.2, 0.25) is 11.7 Å². The van der Waals surface area contributed by atoms with Gasteiger partial charge in [-0.1, -0.05) is 6.92 Å². The maximum Gasteiger partial charge on any atom is 0.370 e. The minimum Gasteiger partial charge on any atom is -0.478 e. The van der Waals surface area contributed by atoms with Gasteiger partial charge in [-0.3, -0.25) is 9.59 Å². The number of nitrogens with one attached hydrogen (secondary N) is 1. The van der Waals surface area contributed by atoms with Crippen LogP contribution in [0.15, 0.2) is 11.8 Å². The van der Waals surface area contributed by atoms with Crippen LogP contribution in [0.3, 0.4) is 0 Å². The molecule has 0 saturated heterocycles. The Morgan fingerprint density at radius 2 is 2.00 bits per heavy atom. The highest BCUT2D eigenvalue weighted by Gasteiger charge is 2.44. The van der Waals surface area contributed by atoms with E-state index in [2.05, 4.69) is 5.32 Å². The van der Waals surface area contributed by atoms with Crippen LogP contribution >= 0.6 is 0 Å². The fourth-order valence-electron chi connectivity index (χ4n) is 2.27. The lowest BCUT2D eigenvalue weighted by molar-refractivity contribution is -0.152. The number of carbonyl (C=O) groups is 3. The molecule has 0 unspecified atom stereocenters. The minimum absolute atomic E-state index is 0.207. The summed E-state index contributed by atoms with van der Waals surface area (Å²) in [4.78, 5) is 34.2. The first kappa shape index (κ1) is 21.0. The van der Waals surface area contributed by atoms with Gasteiger partial charge in [-0.05, 0) is 6.08 Å². The standard InChI is InChI=1S/C15H23NO9/c1-3-8(19)6-24-10-4-11(15(22)23)25-14(12(10)16-7(2)18)13(21)9(20)5-17/h4,9-10,12-14,17,20-21H,3,5-6H2,1-2H3,(H,16,18)(H,22,23)/t9-,10+,12-,13-,14-/m1/s1. The molecule has 142 valence electrons. The summed E-state index contributed by atoms with van der Waals surface area (Å²) >= 11 is 0. The molecule has 1 amide bonds. The molecule has 5 atom stereocenters. The first-order valence-corrected chi connectivity index (χ1v) is 7.70. The van der Waals surface area contributed by atoms with Crippen molar-refractivity contribution in [2.75, 3.05) is 13.2 Å². The molecule has 0 radical (unpaired) electrons. The molecule has 0 aromatic carbocycles. The second-order valence-corrected chi connectivity index (χ2v) is 5.55. The first-order valence-electron chi connectivity index (χ1n) is 7.70. The summed E-state index contributed by atoms with van der Waals surface area (Å²) in [6.07, 6.45) is -4.57. The van der Waals surface area contributed by atoms with Crippen molar-refractivity contribution < 1.29 is 44.3 Å². The van der Waals surface area contributed by atoms with Crippen LogP contribution < -0.4 is 5.32 Å². The van der Waals surface area contributed by atoms with Crippen molar-refractivity contribution in [3.8, 4) is 0 Å². The Morgan fingerprint density at radius 1 is 1.36 bits per heavy atom. The number of ether oxygens (including phenoxy) is 2. The van der Waals surface area contributed by atoms with Gasteiger partial charge in [-0.2, -0.15) is 0 Å². The van der Waals surface area contributed by atoms with E-state index in [-0.39, 0.29) is 18.8 Å². The Bertz CT molecular complexity index is 533. The van der Waals surface area contributed by atoms with Crippen LogP contribution in [0.5, 0.6) is 0 Å². The lowest BCUT2D eigenvalue weighted by Gasteiger charge is -2.39. The third-order valence-corrected chi connectivity index (χ3v) is 3.62. The van der Waals surface area contributed by atoms with Gasteiger partial charge in [-0.25, -0.2) is 4.79 Å². The molecule has 1 heterocycles. The fourth-order valence-corrected chi connectivity index (χ4v) is 2.27. The maximum atomic E-state index is 11.5. The van der Waals surface area contributed by atoms with Gasteiger partial charge in [-0.15, -0.1) is 0 Å². The highest BCUT2D eigenvalue weighted by atomic mass is 16.5. The number of aliphatic carboxylic acids is 1. The monoisotopic (exact) mass is 361 g/mol. The Morgan fingerprint density at radius 3 is 2.48 bits per heavy atom. The van der Waals surface area contributed by atoms with Gasteiger partial charge in [0.1, 0.15) is 24.9 Å². The summed E-state index contributed by atoms with van der Waals surface area (Å²) in [7, 11) is 0. The molecule has 0 aromatic heterocycles. The van der Waals surface area contributed by atoms with E-state index in [0.29, 0.717) is 0 Å². The van der Waals surface area contributed by atoms with Crippen LogP contribution in [0.1, 0.15) is 20.3 Å². The molecule has 0 aliphatic carbocycles. The van der Waals surface area contributed by atoms with E-state index >= 15 is 0 Å². The quantitative estimate of drug-likeness (QED) is 0.311. The van der Waals surface area contributed by atoms with Crippen molar-refractivity contribution >= 4 is 17.7 Å². The highest BCUT2D eigenvalue weighted by Crippen LogP contribution is 2.25. The van der Waals surface area contributed by atoms with Crippen LogP contribution in [0.25, 0.3) is 0 Å². The Labute approximate surface area is 144 Å². The molecule has 0 aromatic rings. The largest absolute Gasteiger partial charge is 0.478 e. The highest BCUT2D eigenvalue weighted by molar-refractivity contribution is 5.85. The van der Waals surface area contributed by atoms with Crippen LogP contribution in [-0.4, -0.2) is 81.8 Å². The molecule has 0 spiro atoms. The number of aliphatic hydroxyl groups excluding tert-OH is 3. The first-order chi connectivity index (χ1) is 11.7. The zero-order valence-corrected chi connectivity index (χ0v) is 13.9. The van der Waals surface area contributed by atoms with Gasteiger partial charge in [0.25, 0.3) is 0 Å². The van der Waals surface area contributed by atoms with Crippen molar-refractivity contribution in [2.45, 2.75) is 50.7 Å². The third-order valence-electron chi connectivity index (χ3n) is 3.62. The molecule has 1 aliphatic rings. The van der Waals surface area contributed by atoms with Crippen LogP contribution in [-0.2, 0) is 23.9 Å². The fraction of sp³-hybridized carbons (Fsp3) is 0.667. The number of Topliss-reactive ketones (excluding diaryl/α,β-unsaturated/α-hetero) is 1. The second kappa shape index (κ2) is 9.47. The average Bonchev–Trinajstić information content (AvgIpc) is 2.58. The van der Waals surface area contributed by atoms with Gasteiger partial charge >= 0.3 is 5.97 Å². The Balaban J connectivity index is 3.16. The van der Waals surface area contributed by atoms with Crippen molar-refractivity contribution in [3.63, 3.8) is 0 Å². The van der Waals surface area contributed by atoms with Crippen molar-refractivity contribution in [3.05, 3.63) is 11.8 Å². The van der Waals surface area contributed by atoms with Crippen molar-refractivity contribution in [1.82, 2.24) is 5.32 Å². The van der Waals surface area contributed by atoms with Gasteiger partial charge in [0, 0.05) is 13.3 Å². The Hall–Kier alpha value is -2.01. The molecule has 25 heavy (non-hydrogen) atoms. The van der Waals surface area contributed by atoms with E-state index in [1.807, 2.05) is 0 Å². The predicted octanol–water partition coefficient (Wildman–Crippen LogP) is -2.06. The topological polar surface area (TPSA) is 163 Å². The smallest absolute Gasteiger partial charge is 0.370 e. The van der Waals surface area contributed by atoms with Crippen molar-refractivity contribution in [2.24, 2.45) is 0 Å². The molecular weight excluding hydrogens is 338 g/mol. The average molecular weight is 361 g/mol. The van der Waals surface area contributed by atoms with E-state index in [4.69, 9.17) is 19.7 Å². The third kappa shape index (κ3) is 5.78. The number of carboxylic acids is 1. The second-order valence-electron chi connectivity index (χ2n) is 5.55. The summed E-state index contributed by atoms with van der Waals surface area (Å²) in [5.41, 5.74) is 0. The zero-order valence-electron chi connectivity index (χ0n) is 13.9. The van der Waals surface area contributed by atoms with Gasteiger partial charge in [0.15, 0.2) is 11.9 Å². The molecule has 5 N–H and O–H groups in total. The molecule has 0 saturated carbocycles. The summed E-state index contributed by atoms with van der Waals surface area (Å²) in [6.45, 7) is 1.69.